The van der Waals surface area contributed by atoms with Crippen molar-refractivity contribution in [1.82, 2.24) is 25.1 Å². The van der Waals surface area contributed by atoms with Crippen LogP contribution in [0.5, 0.6) is 0 Å². The van der Waals surface area contributed by atoms with Gasteiger partial charge < -0.3 is 10.6 Å². The molecule has 0 aromatic carbocycles. The van der Waals surface area contributed by atoms with Crippen molar-refractivity contribution in [2.24, 2.45) is 5.73 Å². The molecular formula is C21H20ClN7. The number of nitrogens with one attached hydrogen (secondary N) is 1. The van der Waals surface area contributed by atoms with Gasteiger partial charge in [0.05, 0.1) is 28.1 Å². The van der Waals surface area contributed by atoms with Crippen LogP contribution in [-0.2, 0) is 0 Å². The Morgan fingerprint density at radius 1 is 1.17 bits per heavy atom. The quantitative estimate of drug-likeness (QED) is 0.540. The number of pyridine rings is 3. The molecule has 0 amide bonds. The summed E-state index contributed by atoms with van der Waals surface area (Å²) in [5.41, 5.74) is 10.3. The lowest BCUT2D eigenvalue weighted by molar-refractivity contribution is 0.503. The number of halogens is 1. The van der Waals surface area contributed by atoms with Gasteiger partial charge >= 0.3 is 0 Å². The van der Waals surface area contributed by atoms with Crippen LogP contribution in [0.25, 0.3) is 33.5 Å². The largest absolute Gasteiger partial charge is 0.354 e. The second-order valence-corrected chi connectivity index (χ2v) is 7.69. The predicted octanol–water partition coefficient (Wildman–Crippen LogP) is 3.66. The summed E-state index contributed by atoms with van der Waals surface area (Å²) in [6.07, 6.45) is 7.40. The number of rotatable bonds is 3. The van der Waals surface area contributed by atoms with Gasteiger partial charge in [-0.05, 0) is 43.2 Å². The molecule has 1 aliphatic heterocycles. The third-order valence-electron chi connectivity index (χ3n) is 5.23. The molecule has 0 spiro atoms. The van der Waals surface area contributed by atoms with Crippen LogP contribution in [0, 0.1) is 0 Å². The van der Waals surface area contributed by atoms with Crippen LogP contribution in [0.2, 0.25) is 5.02 Å². The monoisotopic (exact) mass is 405 g/mol. The molecule has 146 valence electrons. The van der Waals surface area contributed by atoms with Crippen molar-refractivity contribution in [3.63, 3.8) is 0 Å². The van der Waals surface area contributed by atoms with Gasteiger partial charge in [-0.3, -0.25) is 15.1 Å². The minimum atomic E-state index is 0.143. The zero-order chi connectivity index (χ0) is 19.8. The first-order chi connectivity index (χ1) is 14.2. The lowest BCUT2D eigenvalue weighted by Crippen LogP contribution is -2.43. The molecule has 4 aromatic rings. The third kappa shape index (κ3) is 3.43. The van der Waals surface area contributed by atoms with E-state index in [-0.39, 0.29) is 6.04 Å². The first-order valence-corrected chi connectivity index (χ1v) is 9.99. The number of nitrogens with zero attached hydrogens (tertiary/aromatic N) is 5. The zero-order valence-corrected chi connectivity index (χ0v) is 16.5. The molecule has 1 atom stereocenters. The van der Waals surface area contributed by atoms with Crippen molar-refractivity contribution in [3.8, 4) is 22.6 Å². The van der Waals surface area contributed by atoms with Gasteiger partial charge in [0.15, 0.2) is 0 Å². The van der Waals surface area contributed by atoms with Crippen LogP contribution in [0.4, 0.5) is 5.82 Å². The van der Waals surface area contributed by atoms with Crippen molar-refractivity contribution < 1.29 is 0 Å². The van der Waals surface area contributed by atoms with E-state index >= 15 is 0 Å². The van der Waals surface area contributed by atoms with Crippen molar-refractivity contribution in [2.75, 3.05) is 18.0 Å². The standard InChI is InChI=1S/C21H20ClN7/c22-16-5-6-17(26-21(16)29-8-2-4-14(23)12-29)20-15-9-18(13-3-1-7-24-10-13)25-11-19(15)27-28-20/h1,3,5-7,9-11,14H,2,4,8,12,23H2,(H,27,28). The second kappa shape index (κ2) is 7.42. The highest BCUT2D eigenvalue weighted by Crippen LogP contribution is 2.32. The number of hydrogen-bond donors (Lipinski definition) is 2. The Hall–Kier alpha value is -3.03. The summed E-state index contributed by atoms with van der Waals surface area (Å²) in [5.74, 6) is 0.761. The summed E-state index contributed by atoms with van der Waals surface area (Å²) < 4.78 is 0. The molecule has 0 saturated carbocycles. The van der Waals surface area contributed by atoms with Gasteiger partial charge in [-0.2, -0.15) is 5.10 Å². The fourth-order valence-corrected chi connectivity index (χ4v) is 4.00. The molecule has 5 rings (SSSR count). The second-order valence-electron chi connectivity index (χ2n) is 7.28. The van der Waals surface area contributed by atoms with E-state index in [4.69, 9.17) is 22.3 Å². The molecule has 0 aliphatic carbocycles. The molecule has 7 nitrogen and oxygen atoms in total. The lowest BCUT2D eigenvalue weighted by Gasteiger charge is -2.32. The molecule has 1 unspecified atom stereocenters. The Morgan fingerprint density at radius 3 is 2.93 bits per heavy atom. The smallest absolute Gasteiger partial charge is 0.148 e. The predicted molar refractivity (Wildman–Crippen MR) is 115 cm³/mol. The fraction of sp³-hybridized carbons (Fsp3) is 0.238. The lowest BCUT2D eigenvalue weighted by atomic mass is 10.1. The van der Waals surface area contributed by atoms with Crippen molar-refractivity contribution in [3.05, 3.63) is 53.9 Å². The van der Waals surface area contributed by atoms with Gasteiger partial charge in [0.2, 0.25) is 0 Å². The van der Waals surface area contributed by atoms with Crippen LogP contribution in [-0.4, -0.2) is 44.3 Å². The Labute approximate surface area is 173 Å². The van der Waals surface area contributed by atoms with Gasteiger partial charge in [-0.1, -0.05) is 11.6 Å². The fourth-order valence-electron chi connectivity index (χ4n) is 3.77. The molecule has 3 N–H and O–H groups in total. The number of aromatic amines is 1. The summed E-state index contributed by atoms with van der Waals surface area (Å²) in [7, 11) is 0. The minimum Gasteiger partial charge on any atom is -0.354 e. The Kier molecular flexibility index (Phi) is 4.61. The van der Waals surface area contributed by atoms with Gasteiger partial charge in [0.25, 0.3) is 0 Å². The number of anilines is 1. The van der Waals surface area contributed by atoms with Crippen LogP contribution in [0.1, 0.15) is 12.8 Å². The molecule has 0 radical (unpaired) electrons. The normalized spacial score (nSPS) is 17.0. The number of H-pyrrole nitrogens is 1. The highest BCUT2D eigenvalue weighted by molar-refractivity contribution is 6.33. The Bertz CT molecular complexity index is 1160. The van der Waals surface area contributed by atoms with E-state index in [1.807, 2.05) is 30.3 Å². The minimum absolute atomic E-state index is 0.143. The molecule has 29 heavy (non-hydrogen) atoms. The first-order valence-electron chi connectivity index (χ1n) is 9.61. The number of nitrogens with two attached hydrogens (primary N) is 1. The molecular weight excluding hydrogens is 386 g/mol. The zero-order valence-electron chi connectivity index (χ0n) is 15.7. The molecule has 1 aliphatic rings. The summed E-state index contributed by atoms with van der Waals surface area (Å²) in [4.78, 5) is 15.7. The topological polar surface area (TPSA) is 96.6 Å². The van der Waals surface area contributed by atoms with E-state index in [2.05, 4.69) is 25.1 Å². The molecule has 0 bridgehead atoms. The third-order valence-corrected chi connectivity index (χ3v) is 5.53. The average Bonchev–Trinajstić information content (AvgIpc) is 3.18. The maximum atomic E-state index is 6.47. The number of hydrogen-bond acceptors (Lipinski definition) is 6. The van der Waals surface area contributed by atoms with Crippen LogP contribution in [0.3, 0.4) is 0 Å². The molecule has 5 heterocycles. The van der Waals surface area contributed by atoms with E-state index in [1.54, 1.807) is 18.6 Å². The molecule has 1 saturated heterocycles. The van der Waals surface area contributed by atoms with E-state index < -0.39 is 0 Å². The Morgan fingerprint density at radius 2 is 2.10 bits per heavy atom. The van der Waals surface area contributed by atoms with Crippen LogP contribution >= 0.6 is 11.6 Å². The van der Waals surface area contributed by atoms with Gasteiger partial charge in [0, 0.05) is 42.5 Å². The van der Waals surface area contributed by atoms with Crippen molar-refractivity contribution in [1.29, 1.82) is 0 Å². The molecule has 4 aromatic heterocycles. The number of aromatic nitrogens is 5. The van der Waals surface area contributed by atoms with E-state index in [9.17, 15) is 0 Å². The first kappa shape index (κ1) is 18.0. The highest BCUT2D eigenvalue weighted by atomic mass is 35.5. The van der Waals surface area contributed by atoms with E-state index in [0.717, 1.165) is 65.3 Å². The van der Waals surface area contributed by atoms with E-state index in [1.165, 1.54) is 0 Å². The highest BCUT2D eigenvalue weighted by Gasteiger charge is 2.21. The van der Waals surface area contributed by atoms with Crippen LogP contribution in [0.15, 0.2) is 48.9 Å². The van der Waals surface area contributed by atoms with Crippen molar-refractivity contribution >= 4 is 28.3 Å². The van der Waals surface area contributed by atoms with Gasteiger partial charge in [-0.15, -0.1) is 0 Å². The van der Waals surface area contributed by atoms with Crippen LogP contribution < -0.4 is 10.6 Å². The molecule has 8 heteroatoms. The molecule has 1 fully saturated rings. The number of fused-ring (bicyclic) bond motifs is 1. The van der Waals surface area contributed by atoms with Crippen molar-refractivity contribution in [2.45, 2.75) is 18.9 Å². The van der Waals surface area contributed by atoms with Gasteiger partial charge in [-0.25, -0.2) is 4.98 Å². The maximum Gasteiger partial charge on any atom is 0.148 e. The summed E-state index contributed by atoms with van der Waals surface area (Å²) >= 11 is 6.47. The van der Waals surface area contributed by atoms with E-state index in [0.29, 0.717) is 5.02 Å². The SMILES string of the molecule is NC1CCCN(c2nc(-c3n[nH]c4cnc(-c5cccnc5)cc34)ccc2Cl)C1. The number of piperidine rings is 1. The van der Waals surface area contributed by atoms with Gasteiger partial charge in [0.1, 0.15) is 11.5 Å². The summed E-state index contributed by atoms with van der Waals surface area (Å²) in [5, 5.41) is 9.13. The summed E-state index contributed by atoms with van der Waals surface area (Å²) in [6.45, 7) is 1.66. The Balaban J connectivity index is 1.58. The maximum absolute atomic E-state index is 6.47. The average molecular weight is 406 g/mol. The summed E-state index contributed by atoms with van der Waals surface area (Å²) in [6, 6.07) is 9.81.